The van der Waals surface area contributed by atoms with Gasteiger partial charge < -0.3 is 19.7 Å². The molecule has 0 atom stereocenters. The molecule has 6 nitrogen and oxygen atoms in total. The van der Waals surface area contributed by atoms with E-state index in [0.29, 0.717) is 13.0 Å². The van der Waals surface area contributed by atoms with Gasteiger partial charge in [0.15, 0.2) is 0 Å². The molecule has 2 heterocycles. The molecule has 0 bridgehead atoms. The second-order valence-corrected chi connectivity index (χ2v) is 8.38. The quantitative estimate of drug-likeness (QED) is 0.520. The molecule has 0 radical (unpaired) electrons. The summed E-state index contributed by atoms with van der Waals surface area (Å²) in [4.78, 5) is 18.7. The van der Waals surface area contributed by atoms with E-state index in [4.69, 9.17) is 9.47 Å². The number of hydrogen-bond acceptors (Lipinski definition) is 5. The van der Waals surface area contributed by atoms with Gasteiger partial charge in [0.25, 0.3) is 0 Å². The van der Waals surface area contributed by atoms with E-state index in [0.717, 1.165) is 68.5 Å². The Morgan fingerprint density at radius 2 is 2.10 bits per heavy atom. The van der Waals surface area contributed by atoms with Crippen LogP contribution in [-0.2, 0) is 16.0 Å². The summed E-state index contributed by atoms with van der Waals surface area (Å²) in [5.41, 5.74) is 2.30. The summed E-state index contributed by atoms with van der Waals surface area (Å²) in [5.74, 6) is 0.998. The van der Waals surface area contributed by atoms with Crippen LogP contribution in [0.2, 0.25) is 0 Å². The monoisotopic (exact) mass is 427 g/mol. The van der Waals surface area contributed by atoms with Gasteiger partial charge in [0, 0.05) is 44.7 Å². The number of nitrogens with zero attached hydrogens (tertiary/aromatic N) is 2. The van der Waals surface area contributed by atoms with Crippen LogP contribution in [0, 0.1) is 0 Å². The number of aryl methyl sites for hydroxylation is 1. The predicted octanol–water partition coefficient (Wildman–Crippen LogP) is 3.96. The van der Waals surface area contributed by atoms with E-state index in [9.17, 15) is 4.79 Å². The highest BCUT2D eigenvalue weighted by atomic mass is 16.5. The lowest BCUT2D eigenvalue weighted by Crippen LogP contribution is -2.39. The van der Waals surface area contributed by atoms with Gasteiger partial charge in [-0.05, 0) is 62.4 Å². The Morgan fingerprint density at radius 3 is 2.87 bits per heavy atom. The molecule has 2 aromatic rings. The fraction of sp³-hybridized carbons (Fsp3) is 0.600. The molecule has 1 saturated heterocycles. The van der Waals surface area contributed by atoms with Gasteiger partial charge in [0.1, 0.15) is 17.4 Å². The van der Waals surface area contributed by atoms with Crippen LogP contribution in [-0.4, -0.2) is 61.8 Å². The number of unbranched alkanes of at least 4 members (excludes halogenated alkanes) is 1. The summed E-state index contributed by atoms with van der Waals surface area (Å²) in [6.07, 6.45) is 8.99. The number of hydrogen-bond donors (Lipinski definition) is 1. The van der Waals surface area contributed by atoms with Gasteiger partial charge in [0.05, 0.1) is 6.61 Å². The summed E-state index contributed by atoms with van der Waals surface area (Å²) in [6, 6.07) is 8.57. The summed E-state index contributed by atoms with van der Waals surface area (Å²) >= 11 is 0. The zero-order valence-corrected chi connectivity index (χ0v) is 19.1. The summed E-state index contributed by atoms with van der Waals surface area (Å²) in [6.45, 7) is 6.50. The molecule has 1 amide bonds. The van der Waals surface area contributed by atoms with E-state index in [1.807, 2.05) is 12.3 Å². The average Bonchev–Trinajstić information content (AvgIpc) is 2.80. The number of rotatable bonds is 12. The molecule has 6 heteroatoms. The maximum absolute atomic E-state index is 11.6. The van der Waals surface area contributed by atoms with E-state index in [1.54, 1.807) is 7.11 Å². The topological polar surface area (TPSA) is 63.7 Å². The minimum Gasteiger partial charge on any atom is -0.488 e. The SMILES string of the molecule is CCCCc1cc(OC2CCN(CCCNC(=O)CCOC)CC2)c2ncccc2c1. The van der Waals surface area contributed by atoms with Crippen molar-refractivity contribution in [3.63, 3.8) is 0 Å². The van der Waals surface area contributed by atoms with Crippen LogP contribution in [0.4, 0.5) is 0 Å². The van der Waals surface area contributed by atoms with Crippen LogP contribution in [0.5, 0.6) is 5.75 Å². The van der Waals surface area contributed by atoms with Gasteiger partial charge in [-0.2, -0.15) is 0 Å². The number of benzene rings is 1. The van der Waals surface area contributed by atoms with E-state index in [2.05, 4.69) is 40.3 Å². The molecular weight excluding hydrogens is 390 g/mol. The van der Waals surface area contributed by atoms with E-state index in [-0.39, 0.29) is 12.0 Å². The molecule has 0 spiro atoms. The first-order valence-electron chi connectivity index (χ1n) is 11.7. The number of likely N-dealkylation sites (tertiary alicyclic amines) is 1. The van der Waals surface area contributed by atoms with Crippen LogP contribution >= 0.6 is 0 Å². The van der Waals surface area contributed by atoms with Crippen LogP contribution in [0.1, 0.15) is 51.0 Å². The molecule has 0 aliphatic carbocycles. The molecular formula is C25H37N3O3. The fourth-order valence-electron chi connectivity index (χ4n) is 4.08. The zero-order valence-electron chi connectivity index (χ0n) is 19.1. The van der Waals surface area contributed by atoms with Crippen molar-refractivity contribution in [1.82, 2.24) is 15.2 Å². The van der Waals surface area contributed by atoms with E-state index >= 15 is 0 Å². The van der Waals surface area contributed by atoms with Gasteiger partial charge in [-0.3, -0.25) is 9.78 Å². The Labute approximate surface area is 186 Å². The van der Waals surface area contributed by atoms with Crippen molar-refractivity contribution in [3.8, 4) is 5.75 Å². The second kappa shape index (κ2) is 12.6. The summed E-state index contributed by atoms with van der Waals surface area (Å²) < 4.78 is 11.4. The third kappa shape index (κ3) is 7.47. The molecule has 1 aliphatic rings. The largest absolute Gasteiger partial charge is 0.488 e. The van der Waals surface area contributed by atoms with Crippen LogP contribution in [0.15, 0.2) is 30.5 Å². The molecule has 1 aromatic carbocycles. The third-order valence-electron chi connectivity index (χ3n) is 5.88. The Morgan fingerprint density at radius 1 is 1.26 bits per heavy atom. The molecule has 31 heavy (non-hydrogen) atoms. The number of aromatic nitrogens is 1. The van der Waals surface area contributed by atoms with Crippen molar-refractivity contribution in [1.29, 1.82) is 0 Å². The first-order chi connectivity index (χ1) is 15.2. The molecule has 170 valence electrons. The number of piperidine rings is 1. The maximum Gasteiger partial charge on any atom is 0.222 e. The summed E-state index contributed by atoms with van der Waals surface area (Å²) in [7, 11) is 1.61. The normalized spacial score (nSPS) is 15.3. The number of pyridine rings is 1. The van der Waals surface area contributed by atoms with Crippen LogP contribution in [0.3, 0.4) is 0 Å². The zero-order chi connectivity index (χ0) is 21.9. The molecule has 0 saturated carbocycles. The van der Waals surface area contributed by atoms with Gasteiger partial charge in [-0.1, -0.05) is 19.4 Å². The first kappa shape index (κ1) is 23.5. The first-order valence-corrected chi connectivity index (χ1v) is 11.7. The number of methoxy groups -OCH3 is 1. The number of carbonyl (C=O) groups excluding carboxylic acids is 1. The number of ether oxygens (including phenoxy) is 2. The van der Waals surface area contributed by atoms with Crippen molar-refractivity contribution < 1.29 is 14.3 Å². The Kier molecular flexibility index (Phi) is 9.56. The molecule has 3 rings (SSSR count). The minimum absolute atomic E-state index is 0.0657. The van der Waals surface area contributed by atoms with Crippen LogP contribution in [0.25, 0.3) is 10.9 Å². The van der Waals surface area contributed by atoms with Crippen molar-refractivity contribution in [2.24, 2.45) is 0 Å². The molecule has 1 aromatic heterocycles. The fourth-order valence-corrected chi connectivity index (χ4v) is 4.08. The van der Waals surface area contributed by atoms with E-state index < -0.39 is 0 Å². The summed E-state index contributed by atoms with van der Waals surface area (Å²) in [5, 5.41) is 4.12. The molecule has 1 N–H and O–H groups in total. The Balaban J connectivity index is 1.46. The minimum atomic E-state index is 0.0657. The van der Waals surface area contributed by atoms with Crippen LogP contribution < -0.4 is 10.1 Å². The number of nitrogens with one attached hydrogen (secondary N) is 1. The Bertz CT molecular complexity index is 819. The van der Waals surface area contributed by atoms with Crippen molar-refractivity contribution in [2.45, 2.75) is 58.0 Å². The van der Waals surface area contributed by atoms with Crippen molar-refractivity contribution in [3.05, 3.63) is 36.0 Å². The van der Waals surface area contributed by atoms with Gasteiger partial charge in [-0.25, -0.2) is 0 Å². The van der Waals surface area contributed by atoms with Crippen molar-refractivity contribution in [2.75, 3.05) is 39.9 Å². The average molecular weight is 428 g/mol. The molecule has 1 aliphatic heterocycles. The number of fused-ring (bicyclic) bond motifs is 1. The standard InChI is InChI=1S/C25H37N3O3/c1-3-4-7-20-18-21-8-5-12-27-25(21)23(19-20)31-22-9-15-28(16-10-22)14-6-13-26-24(29)11-17-30-2/h5,8,12,18-19,22H,3-4,6-7,9-11,13-17H2,1-2H3,(H,26,29). The molecule has 1 fully saturated rings. The van der Waals surface area contributed by atoms with Gasteiger partial charge >= 0.3 is 0 Å². The lowest BCUT2D eigenvalue weighted by atomic mass is 10.0. The smallest absolute Gasteiger partial charge is 0.222 e. The second-order valence-electron chi connectivity index (χ2n) is 8.38. The van der Waals surface area contributed by atoms with Gasteiger partial charge in [-0.15, -0.1) is 0 Å². The lowest BCUT2D eigenvalue weighted by Gasteiger charge is -2.32. The Hall–Kier alpha value is -2.18. The number of amides is 1. The van der Waals surface area contributed by atoms with E-state index in [1.165, 1.54) is 18.4 Å². The van der Waals surface area contributed by atoms with Crippen molar-refractivity contribution >= 4 is 16.8 Å². The highest BCUT2D eigenvalue weighted by Gasteiger charge is 2.21. The molecule has 0 unspecified atom stereocenters. The predicted molar refractivity (Wildman–Crippen MR) is 125 cm³/mol. The maximum atomic E-state index is 11.6. The highest BCUT2D eigenvalue weighted by molar-refractivity contribution is 5.85. The highest BCUT2D eigenvalue weighted by Crippen LogP contribution is 2.29. The lowest BCUT2D eigenvalue weighted by molar-refractivity contribution is -0.121. The number of carbonyl (C=O) groups is 1. The third-order valence-corrected chi connectivity index (χ3v) is 5.88. The van der Waals surface area contributed by atoms with Gasteiger partial charge in [0.2, 0.25) is 5.91 Å².